The van der Waals surface area contributed by atoms with Gasteiger partial charge in [-0.15, -0.1) is 0 Å². The Morgan fingerprint density at radius 1 is 1.45 bits per heavy atom. The molecule has 1 aromatic rings. The lowest BCUT2D eigenvalue weighted by Crippen LogP contribution is -2.43. The summed E-state index contributed by atoms with van der Waals surface area (Å²) in [4.78, 5) is 30.2. The maximum atomic E-state index is 12.3. The second-order valence-electron chi connectivity index (χ2n) is 5.22. The fraction of sp³-hybridized carbons (Fsp3) is 0.667. The Bertz CT molecular complexity index is 518. The predicted molar refractivity (Wildman–Crippen MR) is 84.6 cm³/mol. The van der Waals surface area contributed by atoms with Gasteiger partial charge in [-0.3, -0.25) is 9.59 Å². The number of rotatable bonds is 6. The molecule has 2 rings (SSSR count). The molecule has 22 heavy (non-hydrogen) atoms. The van der Waals surface area contributed by atoms with Gasteiger partial charge in [-0.2, -0.15) is 0 Å². The van der Waals surface area contributed by atoms with Crippen molar-refractivity contribution in [2.75, 3.05) is 25.4 Å². The van der Waals surface area contributed by atoms with Crippen LogP contribution in [0.25, 0.3) is 0 Å². The average molecular weight is 325 g/mol. The van der Waals surface area contributed by atoms with Crippen molar-refractivity contribution in [2.24, 2.45) is 5.92 Å². The lowest BCUT2D eigenvalue weighted by molar-refractivity contribution is -0.151. The fourth-order valence-corrected chi connectivity index (χ4v) is 3.48. The number of hydrogen-bond acceptors (Lipinski definition) is 5. The zero-order valence-electron chi connectivity index (χ0n) is 13.2. The van der Waals surface area contributed by atoms with Crippen LogP contribution >= 0.6 is 11.8 Å². The topological polar surface area (TPSA) is 64.4 Å². The van der Waals surface area contributed by atoms with E-state index in [1.54, 1.807) is 18.0 Å². The number of carbonyl (C=O) groups is 2. The molecule has 1 unspecified atom stereocenters. The van der Waals surface area contributed by atoms with E-state index in [9.17, 15) is 9.59 Å². The SMILES string of the molecule is CCOC(=O)C1CCCN(C(=O)CSc2nccn2CC)C1. The molecule has 6 nitrogen and oxygen atoms in total. The molecule has 0 radical (unpaired) electrons. The Morgan fingerprint density at radius 3 is 3.00 bits per heavy atom. The summed E-state index contributed by atoms with van der Waals surface area (Å²) in [6.45, 7) is 6.26. The number of nitrogens with zero attached hydrogens (tertiary/aromatic N) is 3. The van der Waals surface area contributed by atoms with Gasteiger partial charge >= 0.3 is 5.97 Å². The molecule has 1 fully saturated rings. The summed E-state index contributed by atoms with van der Waals surface area (Å²) in [6.07, 6.45) is 5.30. The van der Waals surface area contributed by atoms with Gasteiger partial charge in [-0.05, 0) is 26.7 Å². The summed E-state index contributed by atoms with van der Waals surface area (Å²) in [5, 5.41) is 0.856. The highest BCUT2D eigenvalue weighted by Gasteiger charge is 2.29. The second-order valence-corrected chi connectivity index (χ2v) is 6.16. The van der Waals surface area contributed by atoms with Crippen molar-refractivity contribution in [1.82, 2.24) is 14.5 Å². The number of carbonyl (C=O) groups excluding carboxylic acids is 2. The number of aromatic nitrogens is 2. The number of ether oxygens (including phenoxy) is 1. The van der Waals surface area contributed by atoms with E-state index in [2.05, 4.69) is 4.98 Å². The van der Waals surface area contributed by atoms with Crippen LogP contribution in [-0.2, 0) is 20.9 Å². The largest absolute Gasteiger partial charge is 0.466 e. The van der Waals surface area contributed by atoms with E-state index in [4.69, 9.17) is 4.74 Å². The molecule has 0 aliphatic carbocycles. The molecule has 1 aliphatic heterocycles. The van der Waals surface area contributed by atoms with Crippen LogP contribution in [0.3, 0.4) is 0 Å². The number of hydrogen-bond donors (Lipinski definition) is 0. The highest BCUT2D eigenvalue weighted by Crippen LogP contribution is 2.21. The van der Waals surface area contributed by atoms with Crippen molar-refractivity contribution in [1.29, 1.82) is 0 Å². The average Bonchev–Trinajstić information content (AvgIpc) is 3.00. The van der Waals surface area contributed by atoms with Crippen LogP contribution in [0.2, 0.25) is 0 Å². The molecule has 0 aromatic carbocycles. The number of likely N-dealkylation sites (tertiary alicyclic amines) is 1. The summed E-state index contributed by atoms with van der Waals surface area (Å²) >= 11 is 1.44. The molecule has 0 bridgehead atoms. The van der Waals surface area contributed by atoms with Crippen LogP contribution in [0.5, 0.6) is 0 Å². The Balaban J connectivity index is 1.85. The van der Waals surface area contributed by atoms with Gasteiger partial charge in [-0.25, -0.2) is 4.98 Å². The van der Waals surface area contributed by atoms with Crippen molar-refractivity contribution in [2.45, 2.75) is 38.4 Å². The smallest absolute Gasteiger partial charge is 0.310 e. The van der Waals surface area contributed by atoms with E-state index in [-0.39, 0.29) is 17.8 Å². The first-order valence-electron chi connectivity index (χ1n) is 7.74. The minimum atomic E-state index is -0.186. The lowest BCUT2D eigenvalue weighted by atomic mass is 9.98. The maximum absolute atomic E-state index is 12.3. The van der Waals surface area contributed by atoms with Crippen molar-refractivity contribution < 1.29 is 14.3 Å². The number of piperidine rings is 1. The second kappa shape index (κ2) is 8.22. The zero-order valence-corrected chi connectivity index (χ0v) is 14.0. The molecule has 0 spiro atoms. The number of thioether (sulfide) groups is 1. The van der Waals surface area contributed by atoms with Gasteiger partial charge in [0.1, 0.15) is 0 Å². The first-order valence-corrected chi connectivity index (χ1v) is 8.72. The van der Waals surface area contributed by atoms with Crippen LogP contribution in [0.1, 0.15) is 26.7 Å². The molecule has 7 heteroatoms. The van der Waals surface area contributed by atoms with Gasteiger partial charge in [0.25, 0.3) is 0 Å². The summed E-state index contributed by atoms with van der Waals surface area (Å²) in [6, 6.07) is 0. The fourth-order valence-electron chi connectivity index (χ4n) is 2.55. The van der Waals surface area contributed by atoms with Crippen LogP contribution in [0, 0.1) is 5.92 Å². The van der Waals surface area contributed by atoms with E-state index in [1.165, 1.54) is 11.8 Å². The van der Waals surface area contributed by atoms with Gasteiger partial charge in [0.15, 0.2) is 5.16 Å². The summed E-state index contributed by atoms with van der Waals surface area (Å²) in [7, 11) is 0. The van der Waals surface area contributed by atoms with Gasteiger partial charge in [0, 0.05) is 32.0 Å². The van der Waals surface area contributed by atoms with Crippen molar-refractivity contribution in [3.05, 3.63) is 12.4 Å². The molecule has 0 N–H and O–H groups in total. The van der Waals surface area contributed by atoms with E-state index in [1.807, 2.05) is 17.7 Å². The number of amides is 1. The Labute approximate surface area is 135 Å². The van der Waals surface area contributed by atoms with E-state index < -0.39 is 0 Å². The molecule has 1 saturated heterocycles. The third-order valence-corrected chi connectivity index (χ3v) is 4.73. The van der Waals surface area contributed by atoms with Gasteiger partial charge in [0.2, 0.25) is 5.91 Å². The summed E-state index contributed by atoms with van der Waals surface area (Å²) < 4.78 is 7.07. The standard InChI is InChI=1S/C15H23N3O3S/c1-3-17-9-7-16-15(17)22-11-13(19)18-8-5-6-12(10-18)14(20)21-4-2/h7,9,12H,3-6,8,10-11H2,1-2H3. The molecule has 0 saturated carbocycles. The highest BCUT2D eigenvalue weighted by atomic mass is 32.2. The molecular weight excluding hydrogens is 302 g/mol. The summed E-state index contributed by atoms with van der Waals surface area (Å²) in [5.74, 6) is 0.0473. The normalized spacial score (nSPS) is 18.3. The monoisotopic (exact) mass is 325 g/mol. The minimum Gasteiger partial charge on any atom is -0.466 e. The van der Waals surface area contributed by atoms with Crippen LogP contribution in [0.15, 0.2) is 17.6 Å². The molecule has 2 heterocycles. The first-order chi connectivity index (χ1) is 10.7. The molecule has 1 aromatic heterocycles. The van der Waals surface area contributed by atoms with Crippen molar-refractivity contribution in [3.8, 4) is 0 Å². The summed E-state index contributed by atoms with van der Waals surface area (Å²) in [5.41, 5.74) is 0. The number of imidazole rings is 1. The van der Waals surface area contributed by atoms with E-state index in [0.29, 0.717) is 18.9 Å². The third kappa shape index (κ3) is 4.25. The Morgan fingerprint density at radius 2 is 2.27 bits per heavy atom. The van der Waals surface area contributed by atoms with E-state index in [0.717, 1.165) is 31.1 Å². The first kappa shape index (κ1) is 16.9. The quantitative estimate of drug-likeness (QED) is 0.589. The third-order valence-electron chi connectivity index (χ3n) is 3.74. The lowest BCUT2D eigenvalue weighted by Gasteiger charge is -2.31. The zero-order chi connectivity index (χ0) is 15.9. The molecule has 1 amide bonds. The number of esters is 1. The van der Waals surface area contributed by atoms with Crippen LogP contribution in [0.4, 0.5) is 0 Å². The Hall–Kier alpha value is -1.50. The molecule has 1 aliphatic rings. The minimum absolute atomic E-state index is 0.0599. The van der Waals surface area contributed by atoms with E-state index >= 15 is 0 Å². The highest BCUT2D eigenvalue weighted by molar-refractivity contribution is 7.99. The molecule has 122 valence electrons. The molecule has 1 atom stereocenters. The maximum Gasteiger partial charge on any atom is 0.310 e. The van der Waals surface area contributed by atoms with Crippen molar-refractivity contribution >= 4 is 23.6 Å². The van der Waals surface area contributed by atoms with Crippen LogP contribution < -0.4 is 0 Å². The predicted octanol–water partition coefficient (Wildman–Crippen LogP) is 1.80. The molecular formula is C15H23N3O3S. The number of aryl methyl sites for hydroxylation is 1. The van der Waals surface area contributed by atoms with Gasteiger partial charge in [0.05, 0.1) is 18.3 Å². The van der Waals surface area contributed by atoms with Gasteiger partial charge < -0.3 is 14.2 Å². The van der Waals surface area contributed by atoms with Gasteiger partial charge in [-0.1, -0.05) is 11.8 Å². The Kier molecular flexibility index (Phi) is 6.30. The van der Waals surface area contributed by atoms with Crippen LogP contribution in [-0.4, -0.2) is 51.8 Å². The van der Waals surface area contributed by atoms with Crippen molar-refractivity contribution in [3.63, 3.8) is 0 Å².